The second-order valence-electron chi connectivity index (χ2n) is 7.51. The van der Waals surface area contributed by atoms with E-state index in [1.165, 1.54) is 0 Å². The molecule has 0 aromatic heterocycles. The van der Waals surface area contributed by atoms with Crippen molar-refractivity contribution >= 4 is 24.2 Å². The molecule has 1 aliphatic heterocycles. The van der Waals surface area contributed by atoms with Gasteiger partial charge in [-0.15, -0.1) is 0 Å². The Morgan fingerprint density at radius 3 is 2.28 bits per heavy atom. The SMILES string of the molecule is Cc1ccc(OCc2ccccc2Cl)c(B2OC(C)(C)C(C)(C)O2)c1. The Hall–Kier alpha value is -1.49. The van der Waals surface area contributed by atoms with E-state index in [9.17, 15) is 0 Å². The molecule has 0 aliphatic carbocycles. The van der Waals surface area contributed by atoms with Crippen LogP contribution in [0.15, 0.2) is 42.5 Å². The van der Waals surface area contributed by atoms with Crippen molar-refractivity contribution in [3.05, 3.63) is 58.6 Å². The van der Waals surface area contributed by atoms with Gasteiger partial charge in [-0.25, -0.2) is 0 Å². The predicted molar refractivity (Wildman–Crippen MR) is 103 cm³/mol. The lowest BCUT2D eigenvalue weighted by molar-refractivity contribution is 0.00578. The van der Waals surface area contributed by atoms with Crippen LogP contribution in [0, 0.1) is 6.92 Å². The molecular formula is C20H24BClO3. The lowest BCUT2D eigenvalue weighted by Crippen LogP contribution is -2.41. The lowest BCUT2D eigenvalue weighted by Gasteiger charge is -2.32. The molecule has 3 nitrogen and oxygen atoms in total. The average Bonchev–Trinajstić information content (AvgIpc) is 2.75. The van der Waals surface area contributed by atoms with E-state index in [0.29, 0.717) is 11.6 Å². The van der Waals surface area contributed by atoms with E-state index in [1.54, 1.807) is 0 Å². The molecule has 1 fully saturated rings. The van der Waals surface area contributed by atoms with Gasteiger partial charge in [0.15, 0.2) is 0 Å². The number of rotatable bonds is 4. The average molecular weight is 359 g/mol. The van der Waals surface area contributed by atoms with Crippen LogP contribution in [0.25, 0.3) is 0 Å². The summed E-state index contributed by atoms with van der Waals surface area (Å²) in [7, 11) is -0.453. The summed E-state index contributed by atoms with van der Waals surface area (Å²) in [5.74, 6) is 0.754. The van der Waals surface area contributed by atoms with E-state index in [4.69, 9.17) is 25.6 Å². The monoisotopic (exact) mass is 358 g/mol. The van der Waals surface area contributed by atoms with Crippen LogP contribution in [0.3, 0.4) is 0 Å². The van der Waals surface area contributed by atoms with Crippen molar-refractivity contribution in [3.63, 3.8) is 0 Å². The van der Waals surface area contributed by atoms with Crippen molar-refractivity contribution in [2.75, 3.05) is 0 Å². The third kappa shape index (κ3) is 3.71. The van der Waals surface area contributed by atoms with Gasteiger partial charge in [0.2, 0.25) is 0 Å². The molecule has 1 saturated heterocycles. The second-order valence-corrected chi connectivity index (χ2v) is 7.92. The van der Waals surface area contributed by atoms with Crippen LogP contribution in [0.1, 0.15) is 38.8 Å². The molecular weight excluding hydrogens is 334 g/mol. The van der Waals surface area contributed by atoms with Crippen LogP contribution in [0.4, 0.5) is 0 Å². The minimum Gasteiger partial charge on any atom is -0.489 e. The fourth-order valence-electron chi connectivity index (χ4n) is 2.72. The fourth-order valence-corrected chi connectivity index (χ4v) is 2.91. The first-order chi connectivity index (χ1) is 11.7. The summed E-state index contributed by atoms with van der Waals surface area (Å²) < 4.78 is 18.4. The minimum atomic E-state index is -0.453. The molecule has 3 rings (SSSR count). The standard InChI is InChI=1S/C20H24BClO3/c1-14-10-11-18(23-13-15-8-6-7-9-17(15)22)16(12-14)21-24-19(2,3)20(4,5)25-21/h6-12H,13H2,1-5H3. The quantitative estimate of drug-likeness (QED) is 0.752. The summed E-state index contributed by atoms with van der Waals surface area (Å²) in [4.78, 5) is 0. The molecule has 0 unspecified atom stereocenters. The van der Waals surface area contributed by atoms with Crippen molar-refractivity contribution in [1.82, 2.24) is 0 Å². The molecule has 0 saturated carbocycles. The number of hydrogen-bond acceptors (Lipinski definition) is 3. The molecule has 2 aromatic carbocycles. The molecule has 1 heterocycles. The van der Waals surface area contributed by atoms with Crippen molar-refractivity contribution in [3.8, 4) is 5.75 Å². The maximum absolute atomic E-state index is 6.23. The summed E-state index contributed by atoms with van der Waals surface area (Å²) in [6.45, 7) is 10.6. The normalized spacial score (nSPS) is 18.4. The van der Waals surface area contributed by atoms with Crippen molar-refractivity contribution in [2.24, 2.45) is 0 Å². The van der Waals surface area contributed by atoms with Gasteiger partial charge < -0.3 is 14.0 Å². The van der Waals surface area contributed by atoms with Crippen LogP contribution in [-0.4, -0.2) is 18.3 Å². The number of hydrogen-bond donors (Lipinski definition) is 0. The van der Waals surface area contributed by atoms with Crippen LogP contribution in [0.2, 0.25) is 5.02 Å². The Labute approximate surface area is 155 Å². The second kappa shape index (κ2) is 6.67. The molecule has 0 N–H and O–H groups in total. The van der Waals surface area contributed by atoms with Crippen LogP contribution in [0.5, 0.6) is 5.75 Å². The highest BCUT2D eigenvalue weighted by Gasteiger charge is 2.52. The molecule has 0 amide bonds. The number of halogens is 1. The molecule has 0 atom stereocenters. The van der Waals surface area contributed by atoms with Crippen LogP contribution >= 0.6 is 11.6 Å². The summed E-state index contributed by atoms with van der Waals surface area (Å²) in [5, 5.41) is 0.701. The van der Waals surface area contributed by atoms with Gasteiger partial charge >= 0.3 is 7.12 Å². The maximum atomic E-state index is 6.23. The van der Waals surface area contributed by atoms with Crippen molar-refractivity contribution in [1.29, 1.82) is 0 Å². The summed E-state index contributed by atoms with van der Waals surface area (Å²) >= 11 is 6.23. The van der Waals surface area contributed by atoms with Crippen molar-refractivity contribution in [2.45, 2.75) is 52.4 Å². The fraction of sp³-hybridized carbons (Fsp3) is 0.400. The van der Waals surface area contributed by atoms with E-state index < -0.39 is 7.12 Å². The molecule has 0 spiro atoms. The van der Waals surface area contributed by atoms with E-state index in [-0.39, 0.29) is 11.2 Å². The highest BCUT2D eigenvalue weighted by molar-refractivity contribution is 6.63. The largest absolute Gasteiger partial charge is 0.498 e. The summed E-state index contributed by atoms with van der Waals surface area (Å²) in [5.41, 5.74) is 2.22. The highest BCUT2D eigenvalue weighted by atomic mass is 35.5. The molecule has 1 aliphatic rings. The molecule has 2 aromatic rings. The topological polar surface area (TPSA) is 27.7 Å². The zero-order chi connectivity index (χ0) is 18.2. The zero-order valence-electron chi connectivity index (χ0n) is 15.4. The summed E-state index contributed by atoms with van der Waals surface area (Å²) in [6.07, 6.45) is 0. The molecule has 132 valence electrons. The van der Waals surface area contributed by atoms with E-state index in [0.717, 1.165) is 22.3 Å². The van der Waals surface area contributed by atoms with E-state index in [2.05, 4.69) is 6.07 Å². The third-order valence-electron chi connectivity index (χ3n) is 5.01. The summed E-state index contributed by atoms with van der Waals surface area (Å²) in [6, 6.07) is 13.7. The third-order valence-corrected chi connectivity index (χ3v) is 5.38. The van der Waals surface area contributed by atoms with Gasteiger partial charge in [0.05, 0.1) is 11.2 Å². The van der Waals surface area contributed by atoms with Gasteiger partial charge in [0.25, 0.3) is 0 Å². The molecule has 0 bridgehead atoms. The zero-order valence-corrected chi connectivity index (χ0v) is 16.2. The predicted octanol–water partition coefficient (Wildman–Crippen LogP) is 4.53. The Kier molecular flexibility index (Phi) is 4.89. The Balaban J connectivity index is 1.86. The Morgan fingerprint density at radius 2 is 1.64 bits per heavy atom. The van der Waals surface area contributed by atoms with Gasteiger partial charge in [-0.1, -0.05) is 47.5 Å². The highest BCUT2D eigenvalue weighted by Crippen LogP contribution is 2.37. The van der Waals surface area contributed by atoms with Gasteiger partial charge in [-0.3, -0.25) is 0 Å². The van der Waals surface area contributed by atoms with Gasteiger partial charge in [0, 0.05) is 16.0 Å². The van der Waals surface area contributed by atoms with Crippen LogP contribution in [-0.2, 0) is 15.9 Å². The Morgan fingerprint density at radius 1 is 1.00 bits per heavy atom. The number of aryl methyl sites for hydroxylation is 1. The smallest absolute Gasteiger partial charge is 0.489 e. The first kappa shape index (κ1) is 18.3. The first-order valence-electron chi connectivity index (χ1n) is 8.52. The molecule has 25 heavy (non-hydrogen) atoms. The van der Waals surface area contributed by atoms with Crippen molar-refractivity contribution < 1.29 is 14.0 Å². The number of ether oxygens (including phenoxy) is 1. The lowest BCUT2D eigenvalue weighted by atomic mass is 9.77. The first-order valence-corrected chi connectivity index (χ1v) is 8.90. The maximum Gasteiger partial charge on any atom is 0.498 e. The minimum absolute atomic E-state index is 0.387. The molecule has 5 heteroatoms. The van der Waals surface area contributed by atoms with E-state index in [1.807, 2.05) is 71.0 Å². The van der Waals surface area contributed by atoms with Gasteiger partial charge in [-0.2, -0.15) is 0 Å². The van der Waals surface area contributed by atoms with Gasteiger partial charge in [-0.05, 0) is 46.8 Å². The van der Waals surface area contributed by atoms with E-state index >= 15 is 0 Å². The number of benzene rings is 2. The molecule has 0 radical (unpaired) electrons. The van der Waals surface area contributed by atoms with Crippen LogP contribution < -0.4 is 10.2 Å². The Bertz CT molecular complexity index is 757. The van der Waals surface area contributed by atoms with Gasteiger partial charge in [0.1, 0.15) is 12.4 Å².